The lowest BCUT2D eigenvalue weighted by atomic mass is 9.96. The molecule has 20 N–H and O–H groups in total. The average Bonchev–Trinajstić information content (AvgIpc) is 3.39. The minimum atomic E-state index is -2.56. The van der Waals surface area contributed by atoms with Gasteiger partial charge in [-0.05, 0) is 13.0 Å². The van der Waals surface area contributed by atoms with Gasteiger partial charge in [0.2, 0.25) is 23.6 Å². The molecule has 4 heterocycles. The molecular weight excluding hydrogens is 1090 g/mol. The summed E-state index contributed by atoms with van der Waals surface area (Å²) in [4.78, 5) is 61.3. The van der Waals surface area contributed by atoms with Crippen molar-refractivity contribution >= 4 is 29.6 Å². The largest absolute Gasteiger partial charge is 0.507 e. The number of carbonyl (C=O) groups excluding carboxylic acids is 5. The summed E-state index contributed by atoms with van der Waals surface area (Å²) in [6.45, 7) is 2.56. The number of amides is 4. The number of nitrogens with two attached hydrogens (primary N) is 1. The fourth-order valence-corrected chi connectivity index (χ4v) is 8.80. The molecule has 34 nitrogen and oxygen atoms in total. The Bertz CT molecular complexity index is 2100. The molecule has 0 bridgehead atoms. The van der Waals surface area contributed by atoms with Crippen molar-refractivity contribution in [1.82, 2.24) is 21.3 Å². The highest BCUT2D eigenvalue weighted by atomic mass is 16.7. The summed E-state index contributed by atoms with van der Waals surface area (Å²) in [7, 11) is 0. The molecule has 0 aromatic carbocycles. The lowest BCUT2D eigenvalue weighted by molar-refractivity contribution is -0.321. The van der Waals surface area contributed by atoms with E-state index in [4.69, 9.17) is 53.1 Å². The second kappa shape index (κ2) is 31.4. The number of aliphatic hydroxyl groups is 14. The molecule has 80 heavy (non-hydrogen) atoms. The summed E-state index contributed by atoms with van der Waals surface area (Å²) in [5.41, 5.74) is 4.59. The Morgan fingerprint density at radius 2 is 1.16 bits per heavy atom. The van der Waals surface area contributed by atoms with Gasteiger partial charge in [-0.3, -0.25) is 24.0 Å². The monoisotopic (exact) mass is 1160 g/mol. The van der Waals surface area contributed by atoms with Crippen LogP contribution < -0.4 is 27.0 Å². The van der Waals surface area contributed by atoms with E-state index in [2.05, 4.69) is 21.3 Å². The zero-order valence-corrected chi connectivity index (χ0v) is 44.3. The number of nitrogens with one attached hydrogen (secondary N) is 4. The minimum Gasteiger partial charge on any atom is -0.507 e. The van der Waals surface area contributed by atoms with Gasteiger partial charge in [0.1, 0.15) is 109 Å². The second-order valence-corrected chi connectivity index (χ2v) is 19.2. The molecule has 0 spiro atoms. The van der Waals surface area contributed by atoms with Gasteiger partial charge >= 0.3 is 5.97 Å². The Morgan fingerprint density at radius 1 is 0.588 bits per heavy atom. The molecule has 460 valence electrons. The van der Waals surface area contributed by atoms with E-state index in [1.54, 1.807) is 0 Å². The topological polar surface area (TPSA) is 535 Å². The molecule has 4 aliphatic heterocycles. The third kappa shape index (κ3) is 18.4. The van der Waals surface area contributed by atoms with Crippen LogP contribution in [0.15, 0.2) is 23.2 Å². The van der Waals surface area contributed by atoms with E-state index in [-0.39, 0.29) is 6.42 Å². The summed E-state index contributed by atoms with van der Waals surface area (Å²) in [5.74, 6) is -5.35. The van der Waals surface area contributed by atoms with Gasteiger partial charge in [0.25, 0.3) is 0 Å². The van der Waals surface area contributed by atoms with E-state index < -0.39 is 234 Å². The highest BCUT2D eigenvalue weighted by Crippen LogP contribution is 2.32. The zero-order chi connectivity index (χ0) is 60.0. The molecule has 4 fully saturated rings. The Kier molecular flexibility index (Phi) is 26.8. The van der Waals surface area contributed by atoms with Crippen molar-refractivity contribution in [2.75, 3.05) is 33.0 Å². The van der Waals surface area contributed by atoms with Crippen LogP contribution in [0.1, 0.15) is 54.4 Å². The van der Waals surface area contributed by atoms with Crippen LogP contribution in [0.2, 0.25) is 0 Å². The van der Waals surface area contributed by atoms with Crippen LogP contribution in [-0.4, -0.2) is 282 Å². The molecule has 0 aromatic heterocycles. The predicted molar refractivity (Wildman–Crippen MR) is 258 cm³/mol. The first-order chi connectivity index (χ1) is 37.5. The molecule has 4 rings (SSSR count). The van der Waals surface area contributed by atoms with Crippen LogP contribution >= 0.6 is 0 Å². The summed E-state index contributed by atoms with van der Waals surface area (Å²) < 4.78 is 56.4. The first-order valence-corrected chi connectivity index (χ1v) is 25.2. The second-order valence-electron chi connectivity index (χ2n) is 19.2. The van der Waals surface area contributed by atoms with Gasteiger partial charge in [0, 0.05) is 60.7 Å². The maximum absolute atomic E-state index is 12.7. The molecule has 0 radical (unpaired) electrons. The standard InChI is InChI=1S/C46H77N5O29/c1-15-31(60)37(66)38(67)46(73-15)72-14-26-40(35(64)29(42(69)75-26)50-18(4)57)80-43(70)28(49-17(3)56)32(61)23(8-10-53)76-45-30(51-19(5)58)36(65)39(24(12-54)77-45)79-41(68)22(48-16(2)55)11-21(7-9-52)74-44-27(47)34(63)33(62)25(78-44)13-71-20(6)59/h11,15,21,23-27,29-31,33-46,52-54,60-70H,7-10,12-14,47H2,1-6H3,(H,48,55)(H,49,56)(H,50,57)(H,51,58)/b22-11+,32-28-. The summed E-state index contributed by atoms with van der Waals surface area (Å²) in [6, 6.07) is -4.93. The Labute approximate surface area is 456 Å². The highest BCUT2D eigenvalue weighted by Gasteiger charge is 2.52. The normalized spacial score (nSPS) is 36.8. The predicted octanol–water partition coefficient (Wildman–Crippen LogP) is -9.80. The summed E-state index contributed by atoms with van der Waals surface area (Å²) in [6.07, 6.45) is -37.6. The van der Waals surface area contributed by atoms with Crippen LogP contribution in [0, 0.1) is 0 Å². The molecule has 4 aliphatic rings. The van der Waals surface area contributed by atoms with E-state index in [9.17, 15) is 95.5 Å². The van der Waals surface area contributed by atoms with Gasteiger partial charge in [-0.15, -0.1) is 0 Å². The summed E-state index contributed by atoms with van der Waals surface area (Å²) in [5, 5.41) is 161. The van der Waals surface area contributed by atoms with E-state index in [1.165, 1.54) is 6.92 Å². The van der Waals surface area contributed by atoms with Crippen molar-refractivity contribution in [2.45, 2.75) is 202 Å². The molecule has 34 heteroatoms. The molecule has 4 saturated heterocycles. The van der Waals surface area contributed by atoms with Crippen LogP contribution in [0.4, 0.5) is 0 Å². The van der Waals surface area contributed by atoms with Crippen LogP contribution in [0.5, 0.6) is 0 Å². The van der Waals surface area contributed by atoms with Crippen molar-refractivity contribution in [3.63, 3.8) is 0 Å². The zero-order valence-electron chi connectivity index (χ0n) is 44.3. The number of esters is 1. The lowest BCUT2D eigenvalue weighted by Gasteiger charge is -2.45. The van der Waals surface area contributed by atoms with Gasteiger partial charge < -0.3 is 146 Å². The molecule has 0 saturated carbocycles. The molecule has 0 aromatic rings. The molecule has 24 unspecified atom stereocenters. The van der Waals surface area contributed by atoms with Gasteiger partial charge in [-0.2, -0.15) is 0 Å². The van der Waals surface area contributed by atoms with Crippen molar-refractivity contribution in [2.24, 2.45) is 5.73 Å². The maximum Gasteiger partial charge on any atom is 0.302 e. The summed E-state index contributed by atoms with van der Waals surface area (Å²) >= 11 is 0. The Hall–Kier alpha value is -4.29. The average molecular weight is 1160 g/mol. The van der Waals surface area contributed by atoms with E-state index in [0.29, 0.717) is 0 Å². The fourth-order valence-electron chi connectivity index (χ4n) is 8.80. The number of aliphatic hydroxyl groups excluding tert-OH is 14. The van der Waals surface area contributed by atoms with Crippen LogP contribution in [-0.2, 0) is 71.3 Å². The number of hydrogen-bond donors (Lipinski definition) is 19. The first kappa shape index (κ1) is 68.2. The van der Waals surface area contributed by atoms with Gasteiger partial charge in [-0.1, -0.05) is 0 Å². The van der Waals surface area contributed by atoms with Gasteiger partial charge in [0.15, 0.2) is 37.7 Å². The van der Waals surface area contributed by atoms with Gasteiger partial charge in [-0.25, -0.2) is 0 Å². The molecule has 24 atom stereocenters. The SMILES string of the molecule is CC(=O)N/C(=C(\O)C(CCO)OC1OC(CO)C(OC(O)/C(=C\C(CCO)OC2OC(COC(C)=O)C(O)C(O)C2N)NC(C)=O)C(O)C1NC(C)=O)C(O)OC1C(COC2OC(C)C(O)C(O)C2O)OC(O)C(NC(C)=O)C1O. The van der Waals surface area contributed by atoms with Crippen molar-refractivity contribution < 1.29 is 143 Å². The third-order valence-corrected chi connectivity index (χ3v) is 12.8. The lowest BCUT2D eigenvalue weighted by Crippen LogP contribution is -2.66. The Morgan fingerprint density at radius 3 is 1.74 bits per heavy atom. The van der Waals surface area contributed by atoms with Crippen molar-refractivity contribution in [3.05, 3.63) is 23.2 Å². The minimum absolute atomic E-state index is 0.312. The maximum atomic E-state index is 12.7. The van der Waals surface area contributed by atoms with Crippen LogP contribution in [0.3, 0.4) is 0 Å². The number of rotatable bonds is 26. The first-order valence-electron chi connectivity index (χ1n) is 25.2. The molecule has 0 aliphatic carbocycles. The van der Waals surface area contributed by atoms with E-state index in [1.807, 2.05) is 0 Å². The number of ether oxygens (including phenoxy) is 10. The Balaban J connectivity index is 1.65. The van der Waals surface area contributed by atoms with Crippen LogP contribution in [0.25, 0.3) is 0 Å². The van der Waals surface area contributed by atoms with Gasteiger partial charge in [0.05, 0.1) is 37.2 Å². The fraction of sp³-hybridized carbons (Fsp3) is 0.804. The smallest absolute Gasteiger partial charge is 0.302 e. The molecule has 4 amide bonds. The quantitative estimate of drug-likeness (QED) is 0.0217. The van der Waals surface area contributed by atoms with Crippen molar-refractivity contribution in [3.8, 4) is 0 Å². The number of carbonyl (C=O) groups is 5. The van der Waals surface area contributed by atoms with E-state index >= 15 is 0 Å². The highest BCUT2D eigenvalue weighted by molar-refractivity contribution is 5.75. The van der Waals surface area contributed by atoms with Crippen molar-refractivity contribution in [1.29, 1.82) is 0 Å². The number of hydrogen-bond acceptors (Lipinski definition) is 30. The third-order valence-electron chi connectivity index (χ3n) is 12.8. The molecular formula is C46H77N5O29. The van der Waals surface area contributed by atoms with E-state index in [0.717, 1.165) is 40.7 Å².